The average molecular weight is 199 g/mol. The smallest absolute Gasteiger partial charge is 0.222 e. The van der Waals surface area contributed by atoms with Crippen LogP contribution in [0.1, 0.15) is 59.8 Å². The molecule has 0 heterocycles. The van der Waals surface area contributed by atoms with Crippen molar-refractivity contribution in [3.63, 3.8) is 0 Å². The Bertz CT molecular complexity index is 156. The molecule has 0 aromatic rings. The number of nitrogens with zero attached hydrogens (tertiary/aromatic N) is 1. The Morgan fingerprint density at radius 1 is 1.21 bits per heavy atom. The first-order chi connectivity index (χ1) is 6.67. The van der Waals surface area contributed by atoms with E-state index in [4.69, 9.17) is 0 Å². The Hall–Kier alpha value is -0.530. The van der Waals surface area contributed by atoms with E-state index in [1.54, 1.807) is 0 Å². The summed E-state index contributed by atoms with van der Waals surface area (Å²) in [6, 6.07) is 0.397. The Balaban J connectivity index is 3.91. The van der Waals surface area contributed by atoms with Gasteiger partial charge in [0, 0.05) is 19.0 Å². The largest absolute Gasteiger partial charge is 0.340 e. The summed E-state index contributed by atoms with van der Waals surface area (Å²) in [5.41, 5.74) is 0. The van der Waals surface area contributed by atoms with Gasteiger partial charge in [0.05, 0.1) is 0 Å². The SMILES string of the molecule is CCCCCC(=O)N(CC)C(C)CC. The lowest BCUT2D eigenvalue weighted by molar-refractivity contribution is -0.133. The lowest BCUT2D eigenvalue weighted by Crippen LogP contribution is -2.37. The zero-order valence-electron chi connectivity index (χ0n) is 10.2. The quantitative estimate of drug-likeness (QED) is 0.576. The normalized spacial score (nSPS) is 12.6. The van der Waals surface area contributed by atoms with E-state index in [-0.39, 0.29) is 0 Å². The zero-order valence-corrected chi connectivity index (χ0v) is 10.2. The number of hydrogen-bond acceptors (Lipinski definition) is 1. The maximum absolute atomic E-state index is 11.8. The van der Waals surface area contributed by atoms with E-state index in [1.165, 1.54) is 12.8 Å². The van der Waals surface area contributed by atoms with E-state index in [0.29, 0.717) is 11.9 Å². The van der Waals surface area contributed by atoms with E-state index in [1.807, 2.05) is 4.90 Å². The lowest BCUT2D eigenvalue weighted by Gasteiger charge is -2.27. The van der Waals surface area contributed by atoms with Crippen LogP contribution in [0.25, 0.3) is 0 Å². The van der Waals surface area contributed by atoms with Gasteiger partial charge in [-0.15, -0.1) is 0 Å². The van der Waals surface area contributed by atoms with Gasteiger partial charge in [0.25, 0.3) is 0 Å². The van der Waals surface area contributed by atoms with Crippen LogP contribution in [0.15, 0.2) is 0 Å². The second kappa shape index (κ2) is 7.84. The zero-order chi connectivity index (χ0) is 11.0. The number of amides is 1. The number of carbonyl (C=O) groups is 1. The molecule has 0 spiro atoms. The third-order valence-electron chi connectivity index (χ3n) is 2.78. The number of carbonyl (C=O) groups excluding carboxylic acids is 1. The van der Waals surface area contributed by atoms with Crippen molar-refractivity contribution in [2.75, 3.05) is 6.54 Å². The van der Waals surface area contributed by atoms with Gasteiger partial charge in [-0.05, 0) is 26.7 Å². The molecule has 0 aromatic carbocycles. The van der Waals surface area contributed by atoms with E-state index >= 15 is 0 Å². The molecule has 84 valence electrons. The van der Waals surface area contributed by atoms with Crippen molar-refractivity contribution in [2.24, 2.45) is 0 Å². The molecule has 0 radical (unpaired) electrons. The summed E-state index contributed by atoms with van der Waals surface area (Å²) < 4.78 is 0. The third-order valence-corrected chi connectivity index (χ3v) is 2.78. The second-order valence-electron chi connectivity index (χ2n) is 3.89. The first-order valence-electron chi connectivity index (χ1n) is 5.96. The van der Waals surface area contributed by atoms with Crippen LogP contribution >= 0.6 is 0 Å². The van der Waals surface area contributed by atoms with Gasteiger partial charge < -0.3 is 4.90 Å². The minimum atomic E-state index is 0.329. The van der Waals surface area contributed by atoms with Gasteiger partial charge in [-0.3, -0.25) is 4.79 Å². The second-order valence-corrected chi connectivity index (χ2v) is 3.89. The summed E-state index contributed by atoms with van der Waals surface area (Å²) in [4.78, 5) is 13.8. The van der Waals surface area contributed by atoms with Gasteiger partial charge in [0.2, 0.25) is 5.91 Å². The summed E-state index contributed by atoms with van der Waals surface area (Å²) in [7, 11) is 0. The topological polar surface area (TPSA) is 20.3 Å². The lowest BCUT2D eigenvalue weighted by atomic mass is 10.1. The van der Waals surface area contributed by atoms with E-state index in [9.17, 15) is 4.79 Å². The predicted molar refractivity (Wildman–Crippen MR) is 61.3 cm³/mol. The van der Waals surface area contributed by atoms with Crippen LogP contribution in [0.4, 0.5) is 0 Å². The van der Waals surface area contributed by atoms with Crippen LogP contribution in [0.5, 0.6) is 0 Å². The first kappa shape index (κ1) is 13.5. The van der Waals surface area contributed by atoms with Gasteiger partial charge in [0.15, 0.2) is 0 Å². The molecule has 0 N–H and O–H groups in total. The summed E-state index contributed by atoms with van der Waals surface area (Å²) >= 11 is 0. The van der Waals surface area contributed by atoms with Crippen molar-refractivity contribution in [3.05, 3.63) is 0 Å². The van der Waals surface area contributed by atoms with Gasteiger partial charge in [-0.1, -0.05) is 26.7 Å². The molecule has 1 amide bonds. The number of hydrogen-bond donors (Lipinski definition) is 0. The Kier molecular flexibility index (Phi) is 7.54. The average Bonchev–Trinajstić information content (AvgIpc) is 2.19. The Morgan fingerprint density at radius 2 is 1.86 bits per heavy atom. The van der Waals surface area contributed by atoms with Crippen LogP contribution in [0, 0.1) is 0 Å². The molecule has 2 nitrogen and oxygen atoms in total. The molecule has 0 saturated carbocycles. The van der Waals surface area contributed by atoms with Crippen molar-refractivity contribution in [2.45, 2.75) is 65.8 Å². The minimum absolute atomic E-state index is 0.329. The molecule has 0 fully saturated rings. The standard InChI is InChI=1S/C12H25NO/c1-5-8-9-10-12(14)13(7-3)11(4)6-2/h11H,5-10H2,1-4H3. The fourth-order valence-electron chi connectivity index (χ4n) is 1.62. The van der Waals surface area contributed by atoms with Crippen LogP contribution < -0.4 is 0 Å². The van der Waals surface area contributed by atoms with Gasteiger partial charge in [0.1, 0.15) is 0 Å². The van der Waals surface area contributed by atoms with Crippen molar-refractivity contribution >= 4 is 5.91 Å². The van der Waals surface area contributed by atoms with Crippen LogP contribution in [-0.4, -0.2) is 23.4 Å². The van der Waals surface area contributed by atoms with Crippen molar-refractivity contribution in [1.82, 2.24) is 4.90 Å². The molecule has 1 atom stereocenters. The fourth-order valence-corrected chi connectivity index (χ4v) is 1.62. The molecule has 0 aliphatic carbocycles. The predicted octanol–water partition coefficient (Wildman–Crippen LogP) is 3.21. The molecule has 2 heteroatoms. The maximum atomic E-state index is 11.8. The van der Waals surface area contributed by atoms with Crippen LogP contribution in [-0.2, 0) is 4.79 Å². The van der Waals surface area contributed by atoms with Crippen LogP contribution in [0.2, 0.25) is 0 Å². The molecule has 1 unspecified atom stereocenters. The molecule has 0 aliphatic rings. The summed E-state index contributed by atoms with van der Waals surface area (Å²) in [5.74, 6) is 0.329. The Morgan fingerprint density at radius 3 is 2.29 bits per heavy atom. The fraction of sp³-hybridized carbons (Fsp3) is 0.917. The number of unbranched alkanes of at least 4 members (excludes halogenated alkanes) is 2. The molecular formula is C12H25NO. The summed E-state index contributed by atoms with van der Waals surface area (Å²) in [6.07, 6.45) is 5.17. The van der Waals surface area contributed by atoms with Crippen molar-refractivity contribution < 1.29 is 4.79 Å². The highest BCUT2D eigenvalue weighted by Gasteiger charge is 2.15. The molecule has 0 aromatic heterocycles. The molecule has 0 rings (SSSR count). The maximum Gasteiger partial charge on any atom is 0.222 e. The highest BCUT2D eigenvalue weighted by molar-refractivity contribution is 5.76. The Labute approximate surface area is 88.7 Å². The molecular weight excluding hydrogens is 174 g/mol. The summed E-state index contributed by atoms with van der Waals surface area (Å²) in [6.45, 7) is 9.33. The molecule has 0 saturated heterocycles. The highest BCUT2D eigenvalue weighted by Crippen LogP contribution is 2.08. The molecule has 0 aliphatic heterocycles. The van der Waals surface area contributed by atoms with Crippen molar-refractivity contribution in [3.8, 4) is 0 Å². The number of rotatable bonds is 7. The van der Waals surface area contributed by atoms with E-state index in [0.717, 1.165) is 25.8 Å². The summed E-state index contributed by atoms with van der Waals surface area (Å²) in [5, 5.41) is 0. The first-order valence-corrected chi connectivity index (χ1v) is 5.96. The van der Waals surface area contributed by atoms with Gasteiger partial charge in [-0.25, -0.2) is 0 Å². The van der Waals surface area contributed by atoms with Gasteiger partial charge in [-0.2, -0.15) is 0 Å². The monoisotopic (exact) mass is 199 g/mol. The minimum Gasteiger partial charge on any atom is -0.340 e. The van der Waals surface area contributed by atoms with Crippen LogP contribution in [0.3, 0.4) is 0 Å². The highest BCUT2D eigenvalue weighted by atomic mass is 16.2. The van der Waals surface area contributed by atoms with E-state index < -0.39 is 0 Å². The molecule has 0 bridgehead atoms. The van der Waals surface area contributed by atoms with Crippen molar-refractivity contribution in [1.29, 1.82) is 0 Å². The van der Waals surface area contributed by atoms with Gasteiger partial charge >= 0.3 is 0 Å². The van der Waals surface area contributed by atoms with E-state index in [2.05, 4.69) is 27.7 Å². The third kappa shape index (κ3) is 4.64. The molecule has 14 heavy (non-hydrogen) atoms.